The Morgan fingerprint density at radius 2 is 1.42 bits per heavy atom. The topological polar surface area (TPSA) is 89.3 Å². The zero-order chi connectivity index (χ0) is 11.9. The van der Waals surface area contributed by atoms with Gasteiger partial charge >= 0.3 is 0 Å². The van der Waals surface area contributed by atoms with E-state index in [4.69, 9.17) is 4.74 Å². The highest BCUT2D eigenvalue weighted by Crippen LogP contribution is 2.00. The van der Waals surface area contributed by atoms with Gasteiger partial charge in [-0.1, -0.05) is 66.1 Å². The Labute approximate surface area is 112 Å². The van der Waals surface area contributed by atoms with Crippen LogP contribution in [0.15, 0.2) is 60.7 Å². The average molecular weight is 259 g/mol. The molecule has 0 aromatic heterocycles. The van der Waals surface area contributed by atoms with Gasteiger partial charge in [0.05, 0.1) is 0 Å². The second-order valence-corrected chi connectivity index (χ2v) is 3.65. The van der Waals surface area contributed by atoms with Crippen molar-refractivity contribution in [2.75, 3.05) is 0 Å². The lowest BCUT2D eigenvalue weighted by Gasteiger charge is -2.04. The SMILES string of the molecule is O.O.O=C([B]c1ccccc1)OCc1ccccc1. The summed E-state index contributed by atoms with van der Waals surface area (Å²) in [5, 5.41) is 0. The standard InChI is InChI=1S/C14H12BO2.2H2O/c16-14(15-13-9-5-2-6-10-13)17-11-12-7-3-1-4-8-12;;/h1-10H,11H2;2*1H2. The fourth-order valence-corrected chi connectivity index (χ4v) is 1.46. The van der Waals surface area contributed by atoms with Crippen molar-refractivity contribution < 1.29 is 20.5 Å². The van der Waals surface area contributed by atoms with Crippen LogP contribution in [-0.4, -0.2) is 24.1 Å². The van der Waals surface area contributed by atoms with Gasteiger partial charge in [-0.2, -0.15) is 0 Å². The summed E-state index contributed by atoms with van der Waals surface area (Å²) in [7, 11) is 1.49. The molecular formula is C14H16BO4. The minimum Gasteiger partial charge on any atom is -0.469 e. The van der Waals surface area contributed by atoms with E-state index in [9.17, 15) is 4.79 Å². The molecule has 0 aliphatic carbocycles. The maximum atomic E-state index is 11.5. The molecule has 4 N–H and O–H groups in total. The van der Waals surface area contributed by atoms with Gasteiger partial charge in [-0.05, 0) is 5.56 Å². The highest BCUT2D eigenvalue weighted by Gasteiger charge is 2.07. The summed E-state index contributed by atoms with van der Waals surface area (Å²) in [6, 6.07) is 19.0. The lowest BCUT2D eigenvalue weighted by atomic mass is 9.71. The Bertz CT molecular complexity index is 473. The lowest BCUT2D eigenvalue weighted by Crippen LogP contribution is -2.23. The van der Waals surface area contributed by atoms with Crippen molar-refractivity contribution in [2.24, 2.45) is 0 Å². The van der Waals surface area contributed by atoms with E-state index in [1.807, 2.05) is 60.7 Å². The van der Waals surface area contributed by atoms with Crippen LogP contribution in [0.3, 0.4) is 0 Å². The highest BCUT2D eigenvalue weighted by molar-refractivity contribution is 6.82. The van der Waals surface area contributed by atoms with Gasteiger partial charge < -0.3 is 15.7 Å². The molecule has 0 saturated heterocycles. The van der Waals surface area contributed by atoms with E-state index in [1.165, 1.54) is 7.28 Å². The van der Waals surface area contributed by atoms with Crippen LogP contribution >= 0.6 is 0 Å². The maximum Gasteiger partial charge on any atom is 0.299 e. The van der Waals surface area contributed by atoms with Gasteiger partial charge in [0.1, 0.15) is 6.61 Å². The Morgan fingerprint density at radius 3 is 2.00 bits per heavy atom. The summed E-state index contributed by atoms with van der Waals surface area (Å²) < 4.78 is 5.14. The van der Waals surface area contributed by atoms with Crippen LogP contribution in [-0.2, 0) is 11.3 Å². The third kappa shape index (κ3) is 5.85. The Balaban J connectivity index is 0.00000162. The molecule has 0 aliphatic heterocycles. The summed E-state index contributed by atoms with van der Waals surface area (Å²) in [6.07, 6.45) is 0. The van der Waals surface area contributed by atoms with Crippen molar-refractivity contribution in [1.29, 1.82) is 0 Å². The molecule has 4 nitrogen and oxygen atoms in total. The van der Waals surface area contributed by atoms with Crippen LogP contribution in [0.4, 0.5) is 4.79 Å². The molecule has 0 amide bonds. The van der Waals surface area contributed by atoms with E-state index < -0.39 is 0 Å². The van der Waals surface area contributed by atoms with Crippen LogP contribution in [0.25, 0.3) is 0 Å². The molecule has 2 rings (SSSR count). The van der Waals surface area contributed by atoms with Gasteiger partial charge in [0.15, 0.2) is 0 Å². The smallest absolute Gasteiger partial charge is 0.299 e. The average Bonchev–Trinajstić information content (AvgIpc) is 2.39. The molecule has 0 fully saturated rings. The van der Waals surface area contributed by atoms with Gasteiger partial charge in [-0.25, -0.2) is 0 Å². The molecule has 1 radical (unpaired) electrons. The summed E-state index contributed by atoms with van der Waals surface area (Å²) in [5.74, 6) is -0.319. The van der Waals surface area contributed by atoms with Crippen molar-refractivity contribution in [2.45, 2.75) is 6.61 Å². The largest absolute Gasteiger partial charge is 0.469 e. The number of ether oxygens (including phenoxy) is 1. The van der Waals surface area contributed by atoms with Crippen molar-refractivity contribution in [1.82, 2.24) is 0 Å². The first-order valence-corrected chi connectivity index (χ1v) is 5.45. The van der Waals surface area contributed by atoms with Gasteiger partial charge in [-0.15, -0.1) is 0 Å². The van der Waals surface area contributed by atoms with E-state index in [-0.39, 0.29) is 16.8 Å². The van der Waals surface area contributed by atoms with E-state index >= 15 is 0 Å². The van der Waals surface area contributed by atoms with E-state index in [2.05, 4.69) is 0 Å². The Morgan fingerprint density at radius 1 is 0.895 bits per heavy atom. The number of benzene rings is 2. The molecular weight excluding hydrogens is 243 g/mol. The maximum absolute atomic E-state index is 11.5. The second-order valence-electron chi connectivity index (χ2n) is 3.65. The molecule has 0 aliphatic rings. The summed E-state index contributed by atoms with van der Waals surface area (Å²) >= 11 is 0. The molecule has 0 heterocycles. The first-order chi connectivity index (χ1) is 8.34. The molecule has 0 unspecified atom stereocenters. The first-order valence-electron chi connectivity index (χ1n) is 5.45. The summed E-state index contributed by atoms with van der Waals surface area (Å²) in [4.78, 5) is 11.5. The fraction of sp³-hybridized carbons (Fsp3) is 0.0714. The fourth-order valence-electron chi connectivity index (χ4n) is 1.46. The molecule has 99 valence electrons. The monoisotopic (exact) mass is 259 g/mol. The van der Waals surface area contributed by atoms with Crippen molar-refractivity contribution in [3.05, 3.63) is 66.2 Å². The minimum atomic E-state index is -0.319. The van der Waals surface area contributed by atoms with Gasteiger partial charge in [0, 0.05) is 0 Å². The van der Waals surface area contributed by atoms with Crippen molar-refractivity contribution in [3.63, 3.8) is 0 Å². The normalized spacial score (nSPS) is 8.63. The third-order valence-electron chi connectivity index (χ3n) is 2.31. The Kier molecular flexibility index (Phi) is 7.92. The minimum absolute atomic E-state index is 0. The predicted molar refractivity (Wildman–Crippen MR) is 75.7 cm³/mol. The quantitative estimate of drug-likeness (QED) is 0.756. The Hall–Kier alpha value is -2.11. The van der Waals surface area contributed by atoms with Gasteiger partial charge in [-0.3, -0.25) is 4.79 Å². The molecule has 0 bridgehead atoms. The second kappa shape index (κ2) is 8.91. The third-order valence-corrected chi connectivity index (χ3v) is 2.31. The van der Waals surface area contributed by atoms with Crippen LogP contribution in [0, 0.1) is 0 Å². The molecule has 19 heavy (non-hydrogen) atoms. The van der Waals surface area contributed by atoms with E-state index in [0.29, 0.717) is 6.61 Å². The van der Waals surface area contributed by atoms with Gasteiger partial charge in [0.25, 0.3) is 13.1 Å². The van der Waals surface area contributed by atoms with Gasteiger partial charge in [0.2, 0.25) is 0 Å². The summed E-state index contributed by atoms with van der Waals surface area (Å²) in [6.45, 7) is 0.309. The van der Waals surface area contributed by atoms with Crippen molar-refractivity contribution >= 4 is 18.6 Å². The van der Waals surface area contributed by atoms with Crippen LogP contribution in [0.2, 0.25) is 0 Å². The highest BCUT2D eigenvalue weighted by atomic mass is 16.5. The molecule has 0 saturated carbocycles. The first kappa shape index (κ1) is 16.9. The molecule has 5 heteroatoms. The number of carbonyl (C=O) groups excluding carboxylic acids is 1. The van der Waals surface area contributed by atoms with Crippen LogP contribution in [0.1, 0.15) is 5.56 Å². The predicted octanol–water partition coefficient (Wildman–Crippen LogP) is 0.704. The zero-order valence-electron chi connectivity index (χ0n) is 10.4. The summed E-state index contributed by atoms with van der Waals surface area (Å²) in [5.41, 5.74) is 1.84. The number of rotatable bonds is 4. The number of hydrogen-bond acceptors (Lipinski definition) is 2. The lowest BCUT2D eigenvalue weighted by molar-refractivity contribution is 0.166. The van der Waals surface area contributed by atoms with E-state index in [1.54, 1.807) is 0 Å². The van der Waals surface area contributed by atoms with Crippen LogP contribution in [0.5, 0.6) is 0 Å². The molecule has 2 aromatic rings. The zero-order valence-corrected chi connectivity index (χ0v) is 10.4. The molecule has 0 atom stereocenters. The molecule has 2 aromatic carbocycles. The van der Waals surface area contributed by atoms with Crippen molar-refractivity contribution in [3.8, 4) is 0 Å². The van der Waals surface area contributed by atoms with E-state index in [0.717, 1.165) is 11.0 Å². The number of hydrogen-bond donors (Lipinski definition) is 0. The molecule has 0 spiro atoms. The number of carbonyl (C=O) groups is 1. The van der Waals surface area contributed by atoms with Crippen LogP contribution < -0.4 is 5.46 Å².